The van der Waals surface area contributed by atoms with Gasteiger partial charge in [-0.25, -0.2) is 4.39 Å². The highest BCUT2D eigenvalue weighted by Crippen LogP contribution is 2.32. The van der Waals surface area contributed by atoms with Crippen molar-refractivity contribution in [2.45, 2.75) is 18.8 Å². The van der Waals surface area contributed by atoms with Gasteiger partial charge in [0, 0.05) is 17.2 Å². The van der Waals surface area contributed by atoms with Crippen LogP contribution < -0.4 is 0 Å². The average molecular weight is 295 g/mol. The first-order valence-corrected chi connectivity index (χ1v) is 7.86. The fraction of sp³-hybridized carbons (Fsp3) is 0.538. The summed E-state index contributed by atoms with van der Waals surface area (Å²) in [6.07, 6.45) is 0.877. The molecule has 1 aromatic rings. The number of halogens is 3. The predicted molar refractivity (Wildman–Crippen MR) is 77.1 cm³/mol. The van der Waals surface area contributed by atoms with Gasteiger partial charge in [0.25, 0.3) is 0 Å². The zero-order valence-electron chi connectivity index (χ0n) is 9.89. The molecule has 0 spiro atoms. The minimum absolute atomic E-state index is 0.231. The quantitative estimate of drug-likeness (QED) is 0.519. The van der Waals surface area contributed by atoms with Gasteiger partial charge in [0.15, 0.2) is 0 Å². The van der Waals surface area contributed by atoms with Crippen LogP contribution in [0.4, 0.5) is 4.39 Å². The van der Waals surface area contributed by atoms with Crippen molar-refractivity contribution in [3.05, 3.63) is 35.6 Å². The maximum absolute atomic E-state index is 13.3. The van der Waals surface area contributed by atoms with Crippen LogP contribution in [0, 0.1) is 5.82 Å². The summed E-state index contributed by atoms with van der Waals surface area (Å²) in [6, 6.07) is 6.61. The molecule has 0 radical (unpaired) electrons. The van der Waals surface area contributed by atoms with Crippen molar-refractivity contribution in [3.63, 3.8) is 0 Å². The van der Waals surface area contributed by atoms with Crippen molar-refractivity contribution in [1.29, 1.82) is 0 Å². The van der Waals surface area contributed by atoms with Crippen molar-refractivity contribution in [2.24, 2.45) is 0 Å². The van der Waals surface area contributed by atoms with Gasteiger partial charge in [0.2, 0.25) is 0 Å². The Bertz CT molecular complexity index is 340. The standard InChI is InChI=1S/C13H17Cl2FS/c1-2-17-7-6-13(9-14,10-15)11-4-3-5-12(16)8-11/h3-5,8H,2,6-7,9-10H2,1H3. The van der Waals surface area contributed by atoms with Gasteiger partial charge in [-0.3, -0.25) is 0 Å². The molecule has 0 heterocycles. The molecule has 0 fully saturated rings. The van der Waals surface area contributed by atoms with Crippen molar-refractivity contribution < 1.29 is 4.39 Å². The first-order valence-electron chi connectivity index (χ1n) is 5.64. The van der Waals surface area contributed by atoms with E-state index in [2.05, 4.69) is 6.92 Å². The lowest BCUT2D eigenvalue weighted by Crippen LogP contribution is -2.31. The van der Waals surface area contributed by atoms with Crippen LogP contribution in [-0.4, -0.2) is 23.3 Å². The molecule has 0 bridgehead atoms. The third-order valence-corrected chi connectivity index (χ3v) is 4.80. The molecule has 96 valence electrons. The first kappa shape index (κ1) is 15.1. The van der Waals surface area contributed by atoms with E-state index in [0.29, 0.717) is 11.8 Å². The molecule has 0 aromatic heterocycles. The number of hydrogen-bond acceptors (Lipinski definition) is 1. The maximum Gasteiger partial charge on any atom is 0.123 e. The minimum Gasteiger partial charge on any atom is -0.207 e. The van der Waals surface area contributed by atoms with Crippen LogP contribution in [-0.2, 0) is 5.41 Å². The lowest BCUT2D eigenvalue weighted by molar-refractivity contribution is 0.517. The molecule has 0 amide bonds. The van der Waals surface area contributed by atoms with Gasteiger partial charge in [0.05, 0.1) is 0 Å². The van der Waals surface area contributed by atoms with Gasteiger partial charge in [-0.15, -0.1) is 23.2 Å². The van der Waals surface area contributed by atoms with E-state index in [4.69, 9.17) is 23.2 Å². The van der Waals surface area contributed by atoms with Crippen LogP contribution >= 0.6 is 35.0 Å². The van der Waals surface area contributed by atoms with E-state index in [9.17, 15) is 4.39 Å². The predicted octanol–water partition coefficient (Wildman–Crippen LogP) is 4.68. The van der Waals surface area contributed by atoms with Gasteiger partial charge in [-0.05, 0) is 35.6 Å². The molecule has 1 rings (SSSR count). The Labute approximate surface area is 117 Å². The Morgan fingerprint density at radius 1 is 1.29 bits per heavy atom. The summed E-state index contributed by atoms with van der Waals surface area (Å²) in [7, 11) is 0. The van der Waals surface area contributed by atoms with Crippen LogP contribution in [0.15, 0.2) is 24.3 Å². The average Bonchev–Trinajstić information content (AvgIpc) is 2.35. The minimum atomic E-state index is -0.312. The van der Waals surface area contributed by atoms with Gasteiger partial charge in [-0.1, -0.05) is 19.1 Å². The number of rotatable bonds is 7. The van der Waals surface area contributed by atoms with Crippen LogP contribution in [0.1, 0.15) is 18.9 Å². The number of thioether (sulfide) groups is 1. The molecular weight excluding hydrogens is 278 g/mol. The zero-order chi connectivity index (χ0) is 12.7. The third-order valence-electron chi connectivity index (χ3n) is 2.88. The Morgan fingerprint density at radius 3 is 2.53 bits per heavy atom. The summed E-state index contributed by atoms with van der Waals surface area (Å²) in [5.74, 6) is 2.68. The summed E-state index contributed by atoms with van der Waals surface area (Å²) in [4.78, 5) is 0. The molecule has 0 aliphatic rings. The molecule has 17 heavy (non-hydrogen) atoms. The second-order valence-electron chi connectivity index (χ2n) is 4.00. The zero-order valence-corrected chi connectivity index (χ0v) is 12.2. The lowest BCUT2D eigenvalue weighted by Gasteiger charge is -2.30. The molecule has 0 aliphatic carbocycles. The molecule has 0 saturated carbocycles. The van der Waals surface area contributed by atoms with Crippen molar-refractivity contribution in [1.82, 2.24) is 0 Å². The fourth-order valence-corrected chi connectivity index (χ4v) is 3.38. The Hall–Kier alpha value is 0.0800. The van der Waals surface area contributed by atoms with E-state index < -0.39 is 0 Å². The Morgan fingerprint density at radius 2 is 2.00 bits per heavy atom. The fourth-order valence-electron chi connectivity index (χ4n) is 1.70. The van der Waals surface area contributed by atoms with Crippen LogP contribution in [0.25, 0.3) is 0 Å². The van der Waals surface area contributed by atoms with Gasteiger partial charge in [0.1, 0.15) is 5.82 Å². The van der Waals surface area contributed by atoms with Gasteiger partial charge in [-0.2, -0.15) is 11.8 Å². The van der Waals surface area contributed by atoms with Crippen LogP contribution in [0.2, 0.25) is 0 Å². The smallest absolute Gasteiger partial charge is 0.123 e. The molecule has 0 N–H and O–H groups in total. The van der Waals surface area contributed by atoms with Crippen LogP contribution in [0.3, 0.4) is 0 Å². The van der Waals surface area contributed by atoms with E-state index in [1.807, 2.05) is 17.8 Å². The molecule has 0 nitrogen and oxygen atoms in total. The Balaban J connectivity index is 2.89. The highest BCUT2D eigenvalue weighted by molar-refractivity contribution is 7.99. The molecule has 0 aliphatic heterocycles. The summed E-state index contributed by atoms with van der Waals surface area (Å²) >= 11 is 14.0. The summed E-state index contributed by atoms with van der Waals surface area (Å²) in [5.41, 5.74) is 0.590. The number of benzene rings is 1. The van der Waals surface area contributed by atoms with Crippen LogP contribution in [0.5, 0.6) is 0 Å². The number of hydrogen-bond donors (Lipinski definition) is 0. The van der Waals surface area contributed by atoms with Crippen molar-refractivity contribution in [2.75, 3.05) is 23.3 Å². The second kappa shape index (κ2) is 7.50. The maximum atomic E-state index is 13.3. The largest absolute Gasteiger partial charge is 0.207 e. The van der Waals surface area contributed by atoms with E-state index in [1.165, 1.54) is 6.07 Å². The topological polar surface area (TPSA) is 0 Å². The normalized spacial score (nSPS) is 11.8. The Kier molecular flexibility index (Phi) is 6.68. The van der Waals surface area contributed by atoms with E-state index in [0.717, 1.165) is 23.5 Å². The SMILES string of the molecule is CCSCCC(CCl)(CCl)c1cccc(F)c1. The number of alkyl halides is 2. The van der Waals surface area contributed by atoms with E-state index in [-0.39, 0.29) is 11.2 Å². The molecule has 4 heteroatoms. The van der Waals surface area contributed by atoms with Crippen molar-refractivity contribution >= 4 is 35.0 Å². The summed E-state index contributed by atoms with van der Waals surface area (Å²) in [5, 5.41) is 0. The van der Waals surface area contributed by atoms with Gasteiger partial charge >= 0.3 is 0 Å². The van der Waals surface area contributed by atoms with Crippen molar-refractivity contribution in [3.8, 4) is 0 Å². The van der Waals surface area contributed by atoms with E-state index >= 15 is 0 Å². The molecule has 1 aromatic carbocycles. The summed E-state index contributed by atoms with van der Waals surface area (Å²) < 4.78 is 13.3. The lowest BCUT2D eigenvalue weighted by atomic mass is 9.81. The van der Waals surface area contributed by atoms with Gasteiger partial charge < -0.3 is 0 Å². The molecule has 0 saturated heterocycles. The molecular formula is C13H17Cl2FS. The molecule has 0 atom stereocenters. The highest BCUT2D eigenvalue weighted by atomic mass is 35.5. The highest BCUT2D eigenvalue weighted by Gasteiger charge is 2.30. The third kappa shape index (κ3) is 4.04. The summed E-state index contributed by atoms with van der Waals surface area (Å²) in [6.45, 7) is 2.12. The monoisotopic (exact) mass is 294 g/mol. The van der Waals surface area contributed by atoms with E-state index in [1.54, 1.807) is 12.1 Å². The second-order valence-corrected chi connectivity index (χ2v) is 5.93. The first-order chi connectivity index (χ1) is 8.18. The molecule has 0 unspecified atom stereocenters.